The summed E-state index contributed by atoms with van der Waals surface area (Å²) < 4.78 is 5.96. The summed E-state index contributed by atoms with van der Waals surface area (Å²) in [4.78, 5) is 23.3. The first-order chi connectivity index (χ1) is 12.6. The van der Waals surface area contributed by atoms with Crippen LogP contribution in [-0.2, 0) is 11.3 Å². The van der Waals surface area contributed by atoms with E-state index in [2.05, 4.69) is 20.8 Å². The number of carbonyl (C=O) groups excluding carboxylic acids is 2. The maximum atomic E-state index is 12.3. The minimum Gasteiger partial charge on any atom is -0.467 e. The second kappa shape index (κ2) is 8.63. The van der Waals surface area contributed by atoms with Gasteiger partial charge in [0.1, 0.15) is 5.76 Å². The lowest BCUT2D eigenvalue weighted by Crippen LogP contribution is -2.06. The number of amides is 1. The Morgan fingerprint density at radius 1 is 1.19 bits per heavy atom. The molecule has 0 unspecified atom stereocenters. The third-order valence-electron chi connectivity index (χ3n) is 3.25. The Morgan fingerprint density at radius 2 is 2.00 bits per heavy atom. The Kier molecular flexibility index (Phi) is 6.03. The van der Waals surface area contributed by atoms with Gasteiger partial charge in [-0.3, -0.25) is 9.59 Å². The molecule has 134 valence electrons. The molecule has 7 nitrogen and oxygen atoms in total. The number of ketones is 1. The number of Topliss-reactive ketones (excluding diaryl/α,β-unsaturated/α-hetero) is 1. The number of hydrogen-bond acceptors (Lipinski definition) is 8. The van der Waals surface area contributed by atoms with Gasteiger partial charge in [-0.25, -0.2) is 0 Å². The van der Waals surface area contributed by atoms with Crippen LogP contribution in [-0.4, -0.2) is 27.6 Å². The molecule has 1 amide bonds. The molecule has 0 fully saturated rings. The van der Waals surface area contributed by atoms with Crippen molar-refractivity contribution in [3.63, 3.8) is 0 Å². The van der Waals surface area contributed by atoms with Gasteiger partial charge in [0.2, 0.25) is 11.0 Å². The topological polar surface area (TPSA) is 97.1 Å². The Labute approximate surface area is 158 Å². The zero-order chi connectivity index (χ0) is 18.4. The van der Waals surface area contributed by atoms with Gasteiger partial charge in [0.25, 0.3) is 0 Å². The number of aromatic nitrogens is 2. The zero-order valence-electron chi connectivity index (χ0n) is 13.9. The maximum Gasteiger partial charge on any atom is 0.221 e. The molecule has 3 rings (SSSR count). The standard InChI is InChI=1S/C17H16N4O3S2/c1-11(22)19-13-6-4-12(5-7-13)15(23)10-25-17-21-20-16(26-17)18-9-14-3-2-8-24-14/h2-8H,9-10H2,1H3,(H,18,20)(H,19,22). The minimum atomic E-state index is -0.146. The van der Waals surface area contributed by atoms with E-state index in [1.165, 1.54) is 30.0 Å². The van der Waals surface area contributed by atoms with E-state index in [4.69, 9.17) is 4.42 Å². The lowest BCUT2D eigenvalue weighted by Gasteiger charge is -2.03. The van der Waals surface area contributed by atoms with Gasteiger partial charge in [0.05, 0.1) is 18.6 Å². The molecule has 0 bridgehead atoms. The highest BCUT2D eigenvalue weighted by molar-refractivity contribution is 8.01. The van der Waals surface area contributed by atoms with E-state index in [1.54, 1.807) is 30.5 Å². The van der Waals surface area contributed by atoms with E-state index < -0.39 is 0 Å². The quantitative estimate of drug-likeness (QED) is 0.449. The smallest absolute Gasteiger partial charge is 0.221 e. The van der Waals surface area contributed by atoms with Crippen molar-refractivity contribution >= 4 is 45.6 Å². The zero-order valence-corrected chi connectivity index (χ0v) is 15.5. The van der Waals surface area contributed by atoms with E-state index in [9.17, 15) is 9.59 Å². The predicted octanol–water partition coefficient (Wildman–Crippen LogP) is 3.68. The number of furan rings is 1. The Balaban J connectivity index is 1.49. The van der Waals surface area contributed by atoms with Crippen LogP contribution in [0.25, 0.3) is 0 Å². The van der Waals surface area contributed by atoms with Crippen LogP contribution in [0, 0.1) is 0 Å². The van der Waals surface area contributed by atoms with E-state index >= 15 is 0 Å². The molecule has 0 radical (unpaired) electrons. The van der Waals surface area contributed by atoms with Crippen LogP contribution in [0.15, 0.2) is 51.4 Å². The molecule has 0 aliphatic rings. The van der Waals surface area contributed by atoms with Crippen LogP contribution in [0.5, 0.6) is 0 Å². The molecule has 0 aliphatic heterocycles. The number of nitrogens with zero attached hydrogens (tertiary/aromatic N) is 2. The lowest BCUT2D eigenvalue weighted by molar-refractivity contribution is -0.114. The van der Waals surface area contributed by atoms with E-state index in [0.29, 0.717) is 22.9 Å². The molecule has 0 atom stereocenters. The largest absolute Gasteiger partial charge is 0.467 e. The molecule has 26 heavy (non-hydrogen) atoms. The second-order valence-corrected chi connectivity index (χ2v) is 7.48. The molecule has 2 heterocycles. The van der Waals surface area contributed by atoms with Crippen LogP contribution in [0.1, 0.15) is 23.0 Å². The SMILES string of the molecule is CC(=O)Nc1ccc(C(=O)CSc2nnc(NCc3ccco3)s2)cc1. The van der Waals surface area contributed by atoms with Crippen LogP contribution >= 0.6 is 23.1 Å². The average Bonchev–Trinajstić information content (AvgIpc) is 3.30. The van der Waals surface area contributed by atoms with Gasteiger partial charge in [-0.05, 0) is 36.4 Å². The van der Waals surface area contributed by atoms with Crippen molar-refractivity contribution in [3.8, 4) is 0 Å². The number of thioether (sulfide) groups is 1. The highest BCUT2D eigenvalue weighted by Gasteiger charge is 2.10. The van der Waals surface area contributed by atoms with E-state index in [-0.39, 0.29) is 17.4 Å². The second-order valence-electron chi connectivity index (χ2n) is 5.28. The molecule has 0 spiro atoms. The highest BCUT2D eigenvalue weighted by atomic mass is 32.2. The third kappa shape index (κ3) is 5.17. The number of anilines is 2. The number of rotatable bonds is 8. The van der Waals surface area contributed by atoms with Gasteiger partial charge in [-0.15, -0.1) is 10.2 Å². The summed E-state index contributed by atoms with van der Waals surface area (Å²) in [6, 6.07) is 10.5. The average molecular weight is 388 g/mol. The van der Waals surface area contributed by atoms with Crippen molar-refractivity contribution in [2.75, 3.05) is 16.4 Å². The Hall–Kier alpha value is -2.65. The van der Waals surface area contributed by atoms with E-state index in [0.717, 1.165) is 10.1 Å². The molecule has 1 aromatic carbocycles. The minimum absolute atomic E-state index is 0.00957. The van der Waals surface area contributed by atoms with Gasteiger partial charge in [0, 0.05) is 18.2 Å². The fraction of sp³-hybridized carbons (Fsp3) is 0.176. The molecule has 0 saturated heterocycles. The monoisotopic (exact) mass is 388 g/mol. The molecule has 2 aromatic heterocycles. The van der Waals surface area contributed by atoms with Gasteiger partial charge >= 0.3 is 0 Å². The lowest BCUT2D eigenvalue weighted by atomic mass is 10.1. The number of hydrogen-bond donors (Lipinski definition) is 2. The van der Waals surface area contributed by atoms with Crippen molar-refractivity contribution in [1.82, 2.24) is 10.2 Å². The summed E-state index contributed by atoms with van der Waals surface area (Å²) in [7, 11) is 0. The molecular weight excluding hydrogens is 372 g/mol. The van der Waals surface area contributed by atoms with Crippen molar-refractivity contribution < 1.29 is 14.0 Å². The summed E-state index contributed by atoms with van der Waals surface area (Å²) in [6.07, 6.45) is 1.62. The molecule has 3 aromatic rings. The summed E-state index contributed by atoms with van der Waals surface area (Å²) in [5, 5.41) is 14.6. The molecule has 0 aliphatic carbocycles. The highest BCUT2D eigenvalue weighted by Crippen LogP contribution is 2.26. The molecule has 9 heteroatoms. The Bertz CT molecular complexity index is 876. The van der Waals surface area contributed by atoms with Gasteiger partial charge < -0.3 is 15.1 Å². The molecule has 2 N–H and O–H groups in total. The summed E-state index contributed by atoms with van der Waals surface area (Å²) in [6.45, 7) is 1.97. The Morgan fingerprint density at radius 3 is 2.69 bits per heavy atom. The van der Waals surface area contributed by atoms with Crippen molar-refractivity contribution in [2.45, 2.75) is 17.8 Å². The first-order valence-corrected chi connectivity index (χ1v) is 9.54. The van der Waals surface area contributed by atoms with Crippen molar-refractivity contribution in [2.24, 2.45) is 0 Å². The van der Waals surface area contributed by atoms with Crippen LogP contribution in [0.2, 0.25) is 0 Å². The van der Waals surface area contributed by atoms with Gasteiger partial charge in [-0.1, -0.05) is 23.1 Å². The van der Waals surface area contributed by atoms with Crippen molar-refractivity contribution in [1.29, 1.82) is 0 Å². The summed E-state index contributed by atoms with van der Waals surface area (Å²) in [5.74, 6) is 0.927. The summed E-state index contributed by atoms with van der Waals surface area (Å²) >= 11 is 2.73. The molecular formula is C17H16N4O3S2. The normalized spacial score (nSPS) is 10.5. The maximum absolute atomic E-state index is 12.3. The number of carbonyl (C=O) groups is 2. The fourth-order valence-corrected chi connectivity index (χ4v) is 3.71. The molecule has 0 saturated carbocycles. The predicted molar refractivity (Wildman–Crippen MR) is 102 cm³/mol. The van der Waals surface area contributed by atoms with Crippen LogP contribution in [0.3, 0.4) is 0 Å². The van der Waals surface area contributed by atoms with Crippen LogP contribution in [0.4, 0.5) is 10.8 Å². The van der Waals surface area contributed by atoms with Crippen LogP contribution < -0.4 is 10.6 Å². The van der Waals surface area contributed by atoms with Crippen molar-refractivity contribution in [3.05, 3.63) is 54.0 Å². The third-order valence-corrected chi connectivity index (χ3v) is 5.27. The first-order valence-electron chi connectivity index (χ1n) is 7.73. The first kappa shape index (κ1) is 18.2. The fourth-order valence-electron chi connectivity index (χ4n) is 2.07. The summed E-state index contributed by atoms with van der Waals surface area (Å²) in [5.41, 5.74) is 1.25. The van der Waals surface area contributed by atoms with Gasteiger partial charge in [0.15, 0.2) is 10.1 Å². The number of benzene rings is 1. The van der Waals surface area contributed by atoms with E-state index in [1.807, 2.05) is 12.1 Å². The van der Waals surface area contributed by atoms with Gasteiger partial charge in [-0.2, -0.15) is 0 Å². The number of nitrogens with one attached hydrogen (secondary N) is 2.